The molecule has 0 saturated heterocycles. The van der Waals surface area contributed by atoms with Crippen molar-refractivity contribution in [1.82, 2.24) is 4.98 Å². The van der Waals surface area contributed by atoms with Crippen molar-refractivity contribution < 1.29 is 9.21 Å². The second-order valence-electron chi connectivity index (χ2n) is 6.21. The third kappa shape index (κ3) is 4.03. The number of hydrogen-bond donors (Lipinski definition) is 1. The zero-order valence-corrected chi connectivity index (χ0v) is 15.9. The van der Waals surface area contributed by atoms with E-state index in [2.05, 4.69) is 10.3 Å². The van der Waals surface area contributed by atoms with Crippen molar-refractivity contribution in [3.8, 4) is 17.4 Å². The van der Waals surface area contributed by atoms with Gasteiger partial charge in [-0.2, -0.15) is 5.26 Å². The molecule has 0 fully saturated rings. The van der Waals surface area contributed by atoms with E-state index in [0.29, 0.717) is 22.2 Å². The normalized spacial score (nSPS) is 11.2. The minimum Gasteiger partial charge on any atom is -0.457 e. The summed E-state index contributed by atoms with van der Waals surface area (Å²) in [5.41, 5.74) is 2.12. The van der Waals surface area contributed by atoms with Gasteiger partial charge in [-0.1, -0.05) is 17.7 Å². The van der Waals surface area contributed by atoms with Gasteiger partial charge in [0, 0.05) is 28.2 Å². The van der Waals surface area contributed by atoms with E-state index in [0.717, 1.165) is 16.5 Å². The van der Waals surface area contributed by atoms with Gasteiger partial charge in [-0.05, 0) is 60.7 Å². The minimum atomic E-state index is -0.520. The number of fused-ring (bicyclic) bond motifs is 1. The van der Waals surface area contributed by atoms with Crippen molar-refractivity contribution in [3.05, 3.63) is 89.3 Å². The average molecular weight is 400 g/mol. The molecular formula is C23H14ClN3O2. The molecule has 0 atom stereocenters. The Morgan fingerprint density at radius 2 is 1.90 bits per heavy atom. The zero-order valence-electron chi connectivity index (χ0n) is 15.1. The lowest BCUT2D eigenvalue weighted by atomic mass is 10.1. The molecule has 0 spiro atoms. The highest BCUT2D eigenvalue weighted by Gasteiger charge is 2.13. The van der Waals surface area contributed by atoms with Crippen molar-refractivity contribution in [2.24, 2.45) is 0 Å². The van der Waals surface area contributed by atoms with Crippen LogP contribution in [0.25, 0.3) is 28.3 Å². The number of anilines is 1. The molecule has 0 unspecified atom stereocenters. The number of carbonyl (C=O) groups excluding carboxylic acids is 1. The smallest absolute Gasteiger partial charge is 0.266 e. The van der Waals surface area contributed by atoms with E-state index in [1.807, 2.05) is 30.3 Å². The number of benzene rings is 2. The summed E-state index contributed by atoms with van der Waals surface area (Å²) in [5.74, 6) is 0.500. The van der Waals surface area contributed by atoms with Gasteiger partial charge in [0.1, 0.15) is 23.2 Å². The number of nitrogens with zero attached hydrogens (tertiary/aromatic N) is 2. The number of amides is 1. The van der Waals surface area contributed by atoms with Gasteiger partial charge in [0.05, 0.1) is 11.2 Å². The topological polar surface area (TPSA) is 78.9 Å². The van der Waals surface area contributed by atoms with Crippen molar-refractivity contribution in [2.75, 3.05) is 5.32 Å². The zero-order chi connectivity index (χ0) is 20.2. The second-order valence-corrected chi connectivity index (χ2v) is 6.64. The summed E-state index contributed by atoms with van der Waals surface area (Å²) in [4.78, 5) is 16.9. The lowest BCUT2D eigenvalue weighted by molar-refractivity contribution is -0.112. The van der Waals surface area contributed by atoms with Crippen LogP contribution in [-0.4, -0.2) is 10.9 Å². The van der Waals surface area contributed by atoms with Crippen LogP contribution in [0.3, 0.4) is 0 Å². The first kappa shape index (κ1) is 18.5. The van der Waals surface area contributed by atoms with E-state index < -0.39 is 5.91 Å². The van der Waals surface area contributed by atoms with Crippen LogP contribution in [0.5, 0.6) is 0 Å². The summed E-state index contributed by atoms with van der Waals surface area (Å²) in [6.45, 7) is 0. The molecule has 4 rings (SSSR count). The largest absolute Gasteiger partial charge is 0.457 e. The maximum atomic E-state index is 12.6. The third-order valence-electron chi connectivity index (χ3n) is 4.30. The predicted octanol–water partition coefficient (Wildman–Crippen LogP) is 5.69. The van der Waals surface area contributed by atoms with E-state index in [9.17, 15) is 10.1 Å². The van der Waals surface area contributed by atoms with Gasteiger partial charge >= 0.3 is 0 Å². The molecule has 1 amide bonds. The van der Waals surface area contributed by atoms with Gasteiger partial charge < -0.3 is 9.73 Å². The monoisotopic (exact) mass is 399 g/mol. The summed E-state index contributed by atoms with van der Waals surface area (Å²) in [5, 5.41) is 13.7. The minimum absolute atomic E-state index is 0.0668. The highest BCUT2D eigenvalue weighted by atomic mass is 35.5. The highest BCUT2D eigenvalue weighted by molar-refractivity contribution is 6.30. The molecule has 2 heterocycles. The van der Waals surface area contributed by atoms with Gasteiger partial charge in [0.2, 0.25) is 0 Å². The van der Waals surface area contributed by atoms with Crippen LogP contribution in [0.2, 0.25) is 5.02 Å². The second kappa shape index (κ2) is 8.01. The lowest BCUT2D eigenvalue weighted by Crippen LogP contribution is -2.13. The van der Waals surface area contributed by atoms with Crippen LogP contribution < -0.4 is 5.32 Å². The van der Waals surface area contributed by atoms with Crippen LogP contribution in [0, 0.1) is 11.3 Å². The van der Waals surface area contributed by atoms with Crippen molar-refractivity contribution in [3.63, 3.8) is 0 Å². The summed E-state index contributed by atoms with van der Waals surface area (Å²) in [6.07, 6.45) is 3.10. The quantitative estimate of drug-likeness (QED) is 0.353. The van der Waals surface area contributed by atoms with Gasteiger partial charge in [-0.15, -0.1) is 0 Å². The summed E-state index contributed by atoms with van der Waals surface area (Å²) in [6, 6.07) is 21.7. The number of carbonyl (C=O) groups is 1. The lowest BCUT2D eigenvalue weighted by Gasteiger charge is -2.07. The number of nitriles is 1. The molecule has 140 valence electrons. The van der Waals surface area contributed by atoms with E-state index in [1.165, 1.54) is 6.08 Å². The standard InChI is InChI=1S/C23H14ClN3O2/c24-17-8-6-15(7-9-17)22-11-10-18(29-22)13-16(14-25)23(28)27-21-5-1-4-20-19(21)3-2-12-26-20/h1-13H,(H,27,28)/b16-13-. The molecule has 0 aliphatic heterocycles. The van der Waals surface area contributed by atoms with Crippen LogP contribution in [0.15, 0.2) is 82.9 Å². The highest BCUT2D eigenvalue weighted by Crippen LogP contribution is 2.25. The van der Waals surface area contributed by atoms with E-state index in [4.69, 9.17) is 16.0 Å². The van der Waals surface area contributed by atoms with Gasteiger partial charge in [0.25, 0.3) is 5.91 Å². The SMILES string of the molecule is N#C/C(=C/c1ccc(-c2ccc(Cl)cc2)o1)C(=O)Nc1cccc2ncccc12. The van der Waals surface area contributed by atoms with Crippen LogP contribution >= 0.6 is 11.6 Å². The summed E-state index contributed by atoms with van der Waals surface area (Å²) in [7, 11) is 0. The Hall–Kier alpha value is -3.88. The van der Waals surface area contributed by atoms with Crippen molar-refractivity contribution >= 4 is 40.2 Å². The molecule has 0 saturated carbocycles. The number of rotatable bonds is 4. The van der Waals surface area contributed by atoms with Crippen molar-refractivity contribution in [1.29, 1.82) is 5.26 Å². The molecule has 0 aliphatic carbocycles. The Balaban J connectivity index is 1.58. The predicted molar refractivity (Wildman–Crippen MR) is 113 cm³/mol. The van der Waals surface area contributed by atoms with Gasteiger partial charge in [0.15, 0.2) is 0 Å². The maximum absolute atomic E-state index is 12.6. The number of halogens is 1. The fourth-order valence-corrected chi connectivity index (χ4v) is 3.02. The van der Waals surface area contributed by atoms with Gasteiger partial charge in [-0.25, -0.2) is 0 Å². The first-order valence-electron chi connectivity index (χ1n) is 8.77. The number of furan rings is 1. The van der Waals surface area contributed by atoms with Gasteiger partial charge in [-0.3, -0.25) is 9.78 Å². The number of pyridine rings is 1. The Labute approximate surface area is 171 Å². The molecule has 29 heavy (non-hydrogen) atoms. The Bertz CT molecular complexity index is 1260. The fraction of sp³-hybridized carbons (Fsp3) is 0. The first-order valence-corrected chi connectivity index (χ1v) is 9.14. The molecule has 6 heteroatoms. The molecule has 2 aromatic heterocycles. The number of hydrogen-bond acceptors (Lipinski definition) is 4. The fourth-order valence-electron chi connectivity index (χ4n) is 2.89. The molecule has 0 radical (unpaired) electrons. The molecule has 0 aliphatic rings. The van der Waals surface area contributed by atoms with E-state index in [-0.39, 0.29) is 5.57 Å². The average Bonchev–Trinajstić information content (AvgIpc) is 3.21. The maximum Gasteiger partial charge on any atom is 0.266 e. The summed E-state index contributed by atoms with van der Waals surface area (Å²) >= 11 is 5.91. The molecule has 2 aromatic carbocycles. The van der Waals surface area contributed by atoms with E-state index in [1.54, 1.807) is 48.7 Å². The van der Waals surface area contributed by atoms with Crippen LogP contribution in [0.1, 0.15) is 5.76 Å². The molecule has 4 aromatic rings. The van der Waals surface area contributed by atoms with Crippen LogP contribution in [-0.2, 0) is 4.79 Å². The number of nitrogens with one attached hydrogen (secondary N) is 1. The van der Waals surface area contributed by atoms with E-state index >= 15 is 0 Å². The van der Waals surface area contributed by atoms with Crippen LogP contribution in [0.4, 0.5) is 5.69 Å². The molecule has 1 N–H and O–H groups in total. The molecular weight excluding hydrogens is 386 g/mol. The third-order valence-corrected chi connectivity index (χ3v) is 4.55. The van der Waals surface area contributed by atoms with Crippen molar-refractivity contribution in [2.45, 2.75) is 0 Å². The Kier molecular flexibility index (Phi) is 5.10. The molecule has 0 bridgehead atoms. The Morgan fingerprint density at radius 1 is 1.07 bits per heavy atom. The first-order chi connectivity index (χ1) is 14.1. The number of aromatic nitrogens is 1. The summed E-state index contributed by atoms with van der Waals surface area (Å²) < 4.78 is 5.75. The Morgan fingerprint density at radius 3 is 2.69 bits per heavy atom. The molecule has 5 nitrogen and oxygen atoms in total.